The summed E-state index contributed by atoms with van der Waals surface area (Å²) in [5.41, 5.74) is 4.97. The lowest BCUT2D eigenvalue weighted by Crippen LogP contribution is -1.89. The zero-order valence-electron chi connectivity index (χ0n) is 10.9. The van der Waals surface area contributed by atoms with Crippen molar-refractivity contribution < 1.29 is 0 Å². The zero-order valence-corrected chi connectivity index (χ0v) is 10.9. The van der Waals surface area contributed by atoms with E-state index in [1.165, 1.54) is 27.5 Å². The van der Waals surface area contributed by atoms with E-state index >= 15 is 0 Å². The van der Waals surface area contributed by atoms with E-state index in [4.69, 9.17) is 0 Å². The third-order valence-electron chi connectivity index (χ3n) is 3.42. The summed E-state index contributed by atoms with van der Waals surface area (Å²) in [6.45, 7) is 6.30. The second-order valence-corrected chi connectivity index (χ2v) is 4.81. The molecule has 18 heavy (non-hydrogen) atoms. The number of fused-ring (bicyclic) bond motifs is 1. The fraction of sp³-hybridized carbons (Fsp3) is 0.188. The van der Waals surface area contributed by atoms with Crippen LogP contribution in [-0.4, -0.2) is 9.97 Å². The molecule has 90 valence electrons. The van der Waals surface area contributed by atoms with Gasteiger partial charge in [0, 0.05) is 5.56 Å². The molecular weight excluding hydrogens is 220 g/mol. The van der Waals surface area contributed by atoms with Gasteiger partial charge in [0.05, 0.1) is 11.9 Å². The Balaban J connectivity index is 2.41. The number of aromatic amines is 1. The van der Waals surface area contributed by atoms with E-state index < -0.39 is 0 Å². The Labute approximate surface area is 107 Å². The monoisotopic (exact) mass is 236 g/mol. The fourth-order valence-electron chi connectivity index (χ4n) is 2.64. The molecule has 2 nitrogen and oxygen atoms in total. The molecule has 0 saturated carbocycles. The number of nitrogens with one attached hydrogen (secondary N) is 1. The van der Waals surface area contributed by atoms with Crippen molar-refractivity contribution >= 4 is 10.8 Å². The summed E-state index contributed by atoms with van der Waals surface area (Å²) >= 11 is 0. The van der Waals surface area contributed by atoms with Gasteiger partial charge >= 0.3 is 0 Å². The van der Waals surface area contributed by atoms with Crippen molar-refractivity contribution in [2.75, 3.05) is 0 Å². The lowest BCUT2D eigenvalue weighted by atomic mass is 9.94. The van der Waals surface area contributed by atoms with Gasteiger partial charge in [0.15, 0.2) is 0 Å². The van der Waals surface area contributed by atoms with Gasteiger partial charge in [-0.1, -0.05) is 30.3 Å². The molecule has 0 bridgehead atoms. The number of aromatic nitrogens is 2. The molecule has 0 atom stereocenters. The average molecular weight is 236 g/mol. The predicted octanol–water partition coefficient (Wildman–Crippen LogP) is 4.16. The first-order valence-electron chi connectivity index (χ1n) is 6.18. The molecule has 2 heteroatoms. The molecule has 0 fully saturated rings. The highest BCUT2D eigenvalue weighted by Crippen LogP contribution is 2.32. The molecule has 3 aromatic rings. The second-order valence-electron chi connectivity index (χ2n) is 4.81. The molecular formula is C16H16N2. The highest BCUT2D eigenvalue weighted by Gasteiger charge is 2.10. The van der Waals surface area contributed by atoms with Crippen molar-refractivity contribution in [3.05, 3.63) is 53.5 Å². The summed E-state index contributed by atoms with van der Waals surface area (Å²) < 4.78 is 0. The topological polar surface area (TPSA) is 28.7 Å². The first-order chi connectivity index (χ1) is 8.66. The molecule has 0 radical (unpaired) electrons. The predicted molar refractivity (Wildman–Crippen MR) is 75.7 cm³/mol. The maximum Gasteiger partial charge on any atom is 0.103 e. The van der Waals surface area contributed by atoms with Crippen LogP contribution in [0.1, 0.15) is 17.0 Å². The quantitative estimate of drug-likeness (QED) is 0.675. The SMILES string of the molecule is Cc1ncc(-c2c(C)cc(C)c3ccccc23)[nH]1. The fourth-order valence-corrected chi connectivity index (χ4v) is 2.64. The Morgan fingerprint density at radius 1 is 0.944 bits per heavy atom. The van der Waals surface area contributed by atoms with E-state index in [0.717, 1.165) is 11.5 Å². The van der Waals surface area contributed by atoms with Crippen molar-refractivity contribution in [2.24, 2.45) is 0 Å². The standard InChI is InChI=1S/C16H16N2/c1-10-8-11(2)16(15-9-17-12(3)18-15)14-7-5-4-6-13(10)14/h4-9H,1-3H3,(H,17,18). The molecule has 0 amide bonds. The number of imidazole rings is 1. The summed E-state index contributed by atoms with van der Waals surface area (Å²) in [4.78, 5) is 7.64. The highest BCUT2D eigenvalue weighted by atomic mass is 14.9. The number of rotatable bonds is 1. The van der Waals surface area contributed by atoms with E-state index in [2.05, 4.69) is 54.1 Å². The minimum atomic E-state index is 0.953. The van der Waals surface area contributed by atoms with Crippen molar-refractivity contribution in [1.29, 1.82) is 0 Å². The van der Waals surface area contributed by atoms with Gasteiger partial charge in [-0.2, -0.15) is 0 Å². The maximum atomic E-state index is 4.31. The summed E-state index contributed by atoms with van der Waals surface area (Å²) in [6, 6.07) is 10.8. The third-order valence-corrected chi connectivity index (χ3v) is 3.42. The van der Waals surface area contributed by atoms with E-state index in [1.54, 1.807) is 0 Å². The second kappa shape index (κ2) is 3.98. The van der Waals surface area contributed by atoms with Crippen LogP contribution in [0.15, 0.2) is 36.5 Å². The van der Waals surface area contributed by atoms with Crippen molar-refractivity contribution in [3.8, 4) is 11.3 Å². The van der Waals surface area contributed by atoms with Crippen LogP contribution in [0.3, 0.4) is 0 Å². The van der Waals surface area contributed by atoms with Crippen LogP contribution in [-0.2, 0) is 0 Å². The summed E-state index contributed by atoms with van der Waals surface area (Å²) in [5.74, 6) is 0.953. The minimum Gasteiger partial charge on any atom is -0.342 e. The van der Waals surface area contributed by atoms with Crippen LogP contribution in [0, 0.1) is 20.8 Å². The van der Waals surface area contributed by atoms with Gasteiger partial charge in [-0.25, -0.2) is 4.98 Å². The van der Waals surface area contributed by atoms with Gasteiger partial charge in [0.2, 0.25) is 0 Å². The van der Waals surface area contributed by atoms with Crippen molar-refractivity contribution in [1.82, 2.24) is 9.97 Å². The van der Waals surface area contributed by atoms with Gasteiger partial charge in [0.1, 0.15) is 5.82 Å². The van der Waals surface area contributed by atoms with Crippen LogP contribution >= 0.6 is 0 Å². The van der Waals surface area contributed by atoms with Crippen molar-refractivity contribution in [3.63, 3.8) is 0 Å². The summed E-state index contributed by atoms with van der Waals surface area (Å²) in [5, 5.41) is 2.60. The number of benzene rings is 2. The Hall–Kier alpha value is -2.09. The largest absolute Gasteiger partial charge is 0.342 e. The van der Waals surface area contributed by atoms with Crippen LogP contribution in [0.2, 0.25) is 0 Å². The van der Waals surface area contributed by atoms with E-state index in [-0.39, 0.29) is 0 Å². The number of nitrogens with zero attached hydrogens (tertiary/aromatic N) is 1. The number of hydrogen-bond acceptors (Lipinski definition) is 1. The van der Waals surface area contributed by atoms with Crippen LogP contribution < -0.4 is 0 Å². The molecule has 0 aliphatic rings. The van der Waals surface area contributed by atoms with E-state index in [1.807, 2.05) is 13.1 Å². The van der Waals surface area contributed by atoms with Crippen molar-refractivity contribution in [2.45, 2.75) is 20.8 Å². The normalized spacial score (nSPS) is 11.1. The molecule has 0 spiro atoms. The Bertz CT molecular complexity index is 723. The first-order valence-corrected chi connectivity index (χ1v) is 6.18. The molecule has 0 saturated heterocycles. The van der Waals surface area contributed by atoms with Crippen LogP contribution in [0.5, 0.6) is 0 Å². The first kappa shape index (κ1) is 11.0. The zero-order chi connectivity index (χ0) is 12.7. The Morgan fingerprint density at radius 2 is 1.67 bits per heavy atom. The smallest absolute Gasteiger partial charge is 0.103 e. The molecule has 3 rings (SSSR count). The van der Waals surface area contributed by atoms with Crippen LogP contribution in [0.25, 0.3) is 22.0 Å². The number of H-pyrrole nitrogens is 1. The van der Waals surface area contributed by atoms with E-state index in [0.29, 0.717) is 0 Å². The average Bonchev–Trinajstić information content (AvgIpc) is 2.76. The lowest BCUT2D eigenvalue weighted by molar-refractivity contribution is 1.15. The Kier molecular flexibility index (Phi) is 2.44. The van der Waals surface area contributed by atoms with E-state index in [9.17, 15) is 0 Å². The number of hydrogen-bond donors (Lipinski definition) is 1. The molecule has 0 aliphatic carbocycles. The molecule has 2 aromatic carbocycles. The summed E-state index contributed by atoms with van der Waals surface area (Å²) in [7, 11) is 0. The summed E-state index contributed by atoms with van der Waals surface area (Å²) in [6.07, 6.45) is 1.92. The Morgan fingerprint density at radius 3 is 2.33 bits per heavy atom. The van der Waals surface area contributed by atoms with Gasteiger partial charge in [-0.3, -0.25) is 0 Å². The number of aryl methyl sites for hydroxylation is 3. The highest BCUT2D eigenvalue weighted by molar-refractivity contribution is 5.99. The molecule has 0 unspecified atom stereocenters. The maximum absolute atomic E-state index is 4.31. The molecule has 1 N–H and O–H groups in total. The molecule has 1 aromatic heterocycles. The lowest BCUT2D eigenvalue weighted by Gasteiger charge is -2.11. The van der Waals surface area contributed by atoms with Crippen LogP contribution in [0.4, 0.5) is 0 Å². The molecule has 1 heterocycles. The van der Waals surface area contributed by atoms with Gasteiger partial charge in [-0.15, -0.1) is 0 Å². The van der Waals surface area contributed by atoms with Gasteiger partial charge in [-0.05, 0) is 42.7 Å². The minimum absolute atomic E-state index is 0.953. The third kappa shape index (κ3) is 1.61. The van der Waals surface area contributed by atoms with Gasteiger partial charge < -0.3 is 4.98 Å². The molecule has 0 aliphatic heterocycles. The van der Waals surface area contributed by atoms with Gasteiger partial charge in [0.25, 0.3) is 0 Å².